The molecule has 0 bridgehead atoms. The Balaban J connectivity index is 1.62. The standard InChI is InChI=1S/C11H16N4O2/c16-11(14-17-8-3-1-4-8)9-5-2-6-10-12-7-13-15(9)10/h7-9H,1-6H2,(H,14,16). The first-order valence-electron chi connectivity index (χ1n) is 6.18. The first-order valence-corrected chi connectivity index (χ1v) is 6.18. The average molecular weight is 236 g/mol. The maximum absolute atomic E-state index is 12.0. The first-order chi connectivity index (χ1) is 8.34. The summed E-state index contributed by atoms with van der Waals surface area (Å²) in [7, 11) is 0. The lowest BCUT2D eigenvalue weighted by atomic mass is 9.97. The number of fused-ring (bicyclic) bond motifs is 1. The lowest BCUT2D eigenvalue weighted by molar-refractivity contribution is -0.147. The van der Waals surface area contributed by atoms with Gasteiger partial charge in [-0.15, -0.1) is 0 Å². The molecule has 1 fully saturated rings. The minimum Gasteiger partial charge on any atom is -0.270 e. The van der Waals surface area contributed by atoms with Crippen molar-refractivity contribution in [2.45, 2.75) is 50.7 Å². The van der Waals surface area contributed by atoms with E-state index in [4.69, 9.17) is 4.84 Å². The quantitative estimate of drug-likeness (QED) is 0.786. The van der Waals surface area contributed by atoms with E-state index in [2.05, 4.69) is 15.6 Å². The summed E-state index contributed by atoms with van der Waals surface area (Å²) in [5.41, 5.74) is 2.56. The zero-order chi connectivity index (χ0) is 11.7. The van der Waals surface area contributed by atoms with Crippen molar-refractivity contribution in [3.8, 4) is 0 Å². The fraction of sp³-hybridized carbons (Fsp3) is 0.727. The lowest BCUT2D eigenvalue weighted by Crippen LogP contribution is -2.39. The molecule has 1 aromatic heterocycles. The topological polar surface area (TPSA) is 69.0 Å². The maximum atomic E-state index is 12.0. The number of rotatable bonds is 3. The predicted molar refractivity (Wildman–Crippen MR) is 58.9 cm³/mol. The van der Waals surface area contributed by atoms with Crippen molar-refractivity contribution in [1.82, 2.24) is 20.2 Å². The van der Waals surface area contributed by atoms with Gasteiger partial charge in [0.2, 0.25) is 0 Å². The molecule has 1 aromatic rings. The van der Waals surface area contributed by atoms with Crippen LogP contribution in [0, 0.1) is 0 Å². The molecule has 2 aliphatic rings. The van der Waals surface area contributed by atoms with Gasteiger partial charge in [-0.05, 0) is 32.1 Å². The van der Waals surface area contributed by atoms with E-state index in [1.807, 2.05) is 0 Å². The van der Waals surface area contributed by atoms with Gasteiger partial charge in [0.15, 0.2) is 0 Å². The second-order valence-electron chi connectivity index (χ2n) is 4.67. The minimum atomic E-state index is -0.263. The normalized spacial score (nSPS) is 23.9. The lowest BCUT2D eigenvalue weighted by Gasteiger charge is -2.27. The van der Waals surface area contributed by atoms with Crippen molar-refractivity contribution >= 4 is 5.91 Å². The van der Waals surface area contributed by atoms with Gasteiger partial charge in [-0.3, -0.25) is 9.63 Å². The Bertz CT molecular complexity index is 413. The molecule has 1 atom stereocenters. The van der Waals surface area contributed by atoms with Crippen LogP contribution in [0.2, 0.25) is 0 Å². The molecular weight excluding hydrogens is 220 g/mol. The van der Waals surface area contributed by atoms with Gasteiger partial charge in [-0.1, -0.05) is 0 Å². The third-order valence-corrected chi connectivity index (χ3v) is 3.50. The largest absolute Gasteiger partial charge is 0.270 e. The van der Waals surface area contributed by atoms with Crippen LogP contribution >= 0.6 is 0 Å². The molecule has 1 saturated carbocycles. The molecular formula is C11H16N4O2. The summed E-state index contributed by atoms with van der Waals surface area (Å²) in [6, 6.07) is -0.263. The molecule has 0 aromatic carbocycles. The Kier molecular flexibility index (Phi) is 2.80. The molecule has 1 amide bonds. The highest BCUT2D eigenvalue weighted by molar-refractivity contribution is 5.79. The number of hydrogen-bond donors (Lipinski definition) is 1. The van der Waals surface area contributed by atoms with Gasteiger partial charge in [0.05, 0.1) is 6.10 Å². The van der Waals surface area contributed by atoms with E-state index in [0.29, 0.717) is 0 Å². The van der Waals surface area contributed by atoms with E-state index in [1.54, 1.807) is 4.68 Å². The van der Waals surface area contributed by atoms with E-state index in [-0.39, 0.29) is 18.1 Å². The molecule has 0 saturated heterocycles. The van der Waals surface area contributed by atoms with Gasteiger partial charge in [0.25, 0.3) is 5.91 Å². The van der Waals surface area contributed by atoms with Crippen molar-refractivity contribution in [1.29, 1.82) is 0 Å². The van der Waals surface area contributed by atoms with Crippen LogP contribution in [0.3, 0.4) is 0 Å². The second-order valence-corrected chi connectivity index (χ2v) is 4.67. The van der Waals surface area contributed by atoms with Gasteiger partial charge in [0.1, 0.15) is 18.2 Å². The van der Waals surface area contributed by atoms with Crippen molar-refractivity contribution in [3.63, 3.8) is 0 Å². The molecule has 6 heteroatoms. The summed E-state index contributed by atoms with van der Waals surface area (Å²) in [5.74, 6) is 0.781. The number of aryl methyl sites for hydroxylation is 1. The van der Waals surface area contributed by atoms with E-state index < -0.39 is 0 Å². The van der Waals surface area contributed by atoms with Crippen molar-refractivity contribution in [3.05, 3.63) is 12.2 Å². The van der Waals surface area contributed by atoms with Crippen LogP contribution in [-0.2, 0) is 16.1 Å². The number of nitrogens with one attached hydrogen (secondary N) is 1. The van der Waals surface area contributed by atoms with Crippen LogP contribution in [-0.4, -0.2) is 26.8 Å². The molecule has 1 aliphatic heterocycles. The summed E-state index contributed by atoms with van der Waals surface area (Å²) in [6.45, 7) is 0. The summed E-state index contributed by atoms with van der Waals surface area (Å²) in [5, 5.41) is 4.11. The second kappa shape index (κ2) is 4.44. The Morgan fingerprint density at radius 3 is 3.06 bits per heavy atom. The van der Waals surface area contributed by atoms with E-state index >= 15 is 0 Å². The molecule has 1 aliphatic carbocycles. The van der Waals surface area contributed by atoms with Gasteiger partial charge >= 0.3 is 0 Å². The Morgan fingerprint density at radius 2 is 2.29 bits per heavy atom. The van der Waals surface area contributed by atoms with E-state index in [1.165, 1.54) is 12.7 Å². The van der Waals surface area contributed by atoms with Crippen LogP contribution < -0.4 is 5.48 Å². The van der Waals surface area contributed by atoms with E-state index in [9.17, 15) is 4.79 Å². The maximum Gasteiger partial charge on any atom is 0.268 e. The van der Waals surface area contributed by atoms with Gasteiger partial charge in [-0.2, -0.15) is 5.10 Å². The monoisotopic (exact) mass is 236 g/mol. The molecule has 6 nitrogen and oxygen atoms in total. The summed E-state index contributed by atoms with van der Waals surface area (Å²) in [6.07, 6.45) is 7.66. The number of hydroxylamine groups is 1. The van der Waals surface area contributed by atoms with Crippen molar-refractivity contribution in [2.24, 2.45) is 0 Å². The van der Waals surface area contributed by atoms with Gasteiger partial charge < -0.3 is 0 Å². The Morgan fingerprint density at radius 1 is 1.41 bits per heavy atom. The number of hydrogen-bond acceptors (Lipinski definition) is 4. The number of carbonyl (C=O) groups is 1. The van der Waals surface area contributed by atoms with Crippen LogP contribution in [0.25, 0.3) is 0 Å². The molecule has 1 N–H and O–H groups in total. The SMILES string of the molecule is O=C(NOC1CCC1)C1CCCc2ncnn21. The van der Waals surface area contributed by atoms with Crippen LogP contribution in [0.1, 0.15) is 44.0 Å². The summed E-state index contributed by atoms with van der Waals surface area (Å²) < 4.78 is 1.71. The average Bonchev–Trinajstić information content (AvgIpc) is 2.74. The fourth-order valence-electron chi connectivity index (χ4n) is 2.23. The van der Waals surface area contributed by atoms with Crippen molar-refractivity contribution in [2.75, 3.05) is 0 Å². The smallest absolute Gasteiger partial charge is 0.268 e. The highest BCUT2D eigenvalue weighted by Crippen LogP contribution is 2.24. The van der Waals surface area contributed by atoms with Crippen LogP contribution in [0.5, 0.6) is 0 Å². The number of nitrogens with zero attached hydrogens (tertiary/aromatic N) is 3. The van der Waals surface area contributed by atoms with Gasteiger partial charge in [-0.25, -0.2) is 15.1 Å². The van der Waals surface area contributed by atoms with Crippen molar-refractivity contribution < 1.29 is 9.63 Å². The van der Waals surface area contributed by atoms with Crippen LogP contribution in [0.4, 0.5) is 0 Å². The first kappa shape index (κ1) is 10.7. The fourth-order valence-corrected chi connectivity index (χ4v) is 2.23. The van der Waals surface area contributed by atoms with E-state index in [0.717, 1.165) is 37.9 Å². The highest BCUT2D eigenvalue weighted by Gasteiger charge is 2.28. The van der Waals surface area contributed by atoms with Gasteiger partial charge in [0, 0.05) is 6.42 Å². The summed E-state index contributed by atoms with van der Waals surface area (Å²) in [4.78, 5) is 21.4. The predicted octanol–water partition coefficient (Wildman–Crippen LogP) is 0.756. The zero-order valence-corrected chi connectivity index (χ0v) is 9.63. The summed E-state index contributed by atoms with van der Waals surface area (Å²) >= 11 is 0. The zero-order valence-electron chi connectivity index (χ0n) is 9.63. The molecule has 1 unspecified atom stereocenters. The number of aromatic nitrogens is 3. The highest BCUT2D eigenvalue weighted by atomic mass is 16.7. The van der Waals surface area contributed by atoms with Crippen LogP contribution in [0.15, 0.2) is 6.33 Å². The molecule has 2 heterocycles. The molecule has 3 rings (SSSR count). The third-order valence-electron chi connectivity index (χ3n) is 3.50. The minimum absolute atomic E-state index is 0.108. The Labute approximate surface area is 99.3 Å². The Hall–Kier alpha value is -1.43. The number of carbonyl (C=O) groups excluding carboxylic acids is 1. The molecule has 0 spiro atoms. The molecule has 92 valence electrons. The molecule has 0 radical (unpaired) electrons. The molecule has 17 heavy (non-hydrogen) atoms. The third kappa shape index (κ3) is 2.04. The number of amides is 1.